The van der Waals surface area contributed by atoms with Crippen LogP contribution in [0.3, 0.4) is 0 Å². The van der Waals surface area contributed by atoms with Gasteiger partial charge in [-0.3, -0.25) is 4.98 Å². The van der Waals surface area contributed by atoms with Crippen LogP contribution < -0.4 is 5.73 Å². The van der Waals surface area contributed by atoms with Crippen LogP contribution in [0, 0.1) is 0 Å². The highest BCUT2D eigenvalue weighted by Crippen LogP contribution is 2.16. The molecule has 1 aromatic heterocycles. The topological polar surface area (TPSA) is 38.9 Å². The molecule has 0 fully saturated rings. The lowest BCUT2D eigenvalue weighted by molar-refractivity contribution is 0.716. The molecule has 0 aliphatic heterocycles. The summed E-state index contributed by atoms with van der Waals surface area (Å²) in [5.74, 6) is 0. The number of rotatable bonds is 4. The van der Waals surface area contributed by atoms with Crippen molar-refractivity contribution in [2.24, 2.45) is 5.73 Å². The Morgan fingerprint density at radius 1 is 1.12 bits per heavy atom. The molecule has 0 radical (unpaired) electrons. The third-order valence-corrected chi connectivity index (χ3v) is 2.95. The fraction of sp³-hybridized carbons (Fsp3) is 0.267. The molecule has 0 bridgehead atoms. The summed E-state index contributed by atoms with van der Waals surface area (Å²) < 4.78 is 0. The molecule has 88 valence electrons. The van der Waals surface area contributed by atoms with Gasteiger partial charge in [0.2, 0.25) is 0 Å². The highest BCUT2D eigenvalue weighted by atomic mass is 14.7. The molecule has 0 amide bonds. The van der Waals surface area contributed by atoms with Gasteiger partial charge >= 0.3 is 0 Å². The van der Waals surface area contributed by atoms with Gasteiger partial charge in [-0.1, -0.05) is 43.3 Å². The molecule has 1 atom stereocenters. The van der Waals surface area contributed by atoms with Crippen molar-refractivity contribution in [2.75, 3.05) is 0 Å². The van der Waals surface area contributed by atoms with E-state index in [-0.39, 0.29) is 6.04 Å². The lowest BCUT2D eigenvalue weighted by Gasteiger charge is -2.12. The fourth-order valence-corrected chi connectivity index (χ4v) is 1.89. The van der Waals surface area contributed by atoms with Crippen molar-refractivity contribution >= 4 is 0 Å². The lowest BCUT2D eigenvalue weighted by Crippen LogP contribution is -2.13. The Bertz CT molecular complexity index is 465. The van der Waals surface area contributed by atoms with Gasteiger partial charge in [0.05, 0.1) is 0 Å². The molecule has 2 heteroatoms. The maximum atomic E-state index is 6.21. The molecule has 2 aromatic rings. The first kappa shape index (κ1) is 11.8. The van der Waals surface area contributed by atoms with Crippen LogP contribution in [-0.2, 0) is 12.8 Å². The number of benzene rings is 1. The molecule has 0 saturated carbocycles. The van der Waals surface area contributed by atoms with E-state index in [4.69, 9.17) is 5.73 Å². The minimum absolute atomic E-state index is 0.0244. The summed E-state index contributed by atoms with van der Waals surface area (Å²) in [6, 6.07) is 12.5. The highest BCUT2D eigenvalue weighted by molar-refractivity contribution is 5.24. The molecule has 0 aliphatic rings. The molecule has 2 nitrogen and oxygen atoms in total. The Kier molecular flexibility index (Phi) is 3.89. The summed E-state index contributed by atoms with van der Waals surface area (Å²) in [5.41, 5.74) is 9.84. The van der Waals surface area contributed by atoms with Gasteiger partial charge in [0.1, 0.15) is 0 Å². The molecule has 2 N–H and O–H groups in total. The number of nitrogens with zero attached hydrogens (tertiary/aromatic N) is 1. The van der Waals surface area contributed by atoms with Crippen molar-refractivity contribution < 1.29 is 0 Å². The minimum atomic E-state index is 0.0244. The third kappa shape index (κ3) is 3.14. The van der Waals surface area contributed by atoms with E-state index in [1.807, 2.05) is 30.6 Å². The monoisotopic (exact) mass is 226 g/mol. The van der Waals surface area contributed by atoms with E-state index in [1.165, 1.54) is 11.1 Å². The highest BCUT2D eigenvalue weighted by Gasteiger charge is 2.07. The van der Waals surface area contributed by atoms with E-state index in [1.54, 1.807) is 0 Å². The van der Waals surface area contributed by atoms with Crippen LogP contribution in [0.25, 0.3) is 0 Å². The maximum Gasteiger partial charge on any atom is 0.0351 e. The number of aryl methyl sites for hydroxylation is 1. The molecule has 0 unspecified atom stereocenters. The summed E-state index contributed by atoms with van der Waals surface area (Å²) in [5, 5.41) is 0. The van der Waals surface area contributed by atoms with Gasteiger partial charge in [0.15, 0.2) is 0 Å². The predicted molar refractivity (Wildman–Crippen MR) is 70.7 cm³/mol. The molecule has 1 heterocycles. The van der Waals surface area contributed by atoms with Gasteiger partial charge in [-0.25, -0.2) is 0 Å². The number of hydrogen-bond donors (Lipinski definition) is 1. The van der Waals surface area contributed by atoms with Crippen LogP contribution in [-0.4, -0.2) is 4.98 Å². The molecule has 0 aliphatic carbocycles. The zero-order chi connectivity index (χ0) is 12.1. The van der Waals surface area contributed by atoms with Crippen LogP contribution in [0.1, 0.15) is 29.7 Å². The van der Waals surface area contributed by atoms with E-state index in [0.717, 1.165) is 18.4 Å². The Hall–Kier alpha value is -1.67. The maximum absolute atomic E-state index is 6.21. The quantitative estimate of drug-likeness (QED) is 0.870. The minimum Gasteiger partial charge on any atom is -0.324 e. The molecule has 1 aromatic carbocycles. The summed E-state index contributed by atoms with van der Waals surface area (Å²) in [4.78, 5) is 4.24. The predicted octanol–water partition coefficient (Wildman–Crippen LogP) is 2.89. The molecule has 0 spiro atoms. The second-order valence-electron chi connectivity index (χ2n) is 4.28. The molecule has 0 saturated heterocycles. The second kappa shape index (κ2) is 5.60. The van der Waals surface area contributed by atoms with Gasteiger partial charge in [0.25, 0.3) is 0 Å². The van der Waals surface area contributed by atoms with E-state index < -0.39 is 0 Å². The first-order valence-corrected chi connectivity index (χ1v) is 6.03. The molecule has 2 rings (SSSR count). The van der Waals surface area contributed by atoms with E-state index in [2.05, 4.69) is 30.1 Å². The smallest absolute Gasteiger partial charge is 0.0351 e. The van der Waals surface area contributed by atoms with Gasteiger partial charge in [-0.2, -0.15) is 0 Å². The van der Waals surface area contributed by atoms with Gasteiger partial charge in [-0.15, -0.1) is 0 Å². The van der Waals surface area contributed by atoms with Gasteiger partial charge < -0.3 is 5.73 Å². The summed E-state index contributed by atoms with van der Waals surface area (Å²) in [6.07, 6.45) is 5.63. The fourth-order valence-electron chi connectivity index (χ4n) is 1.89. The van der Waals surface area contributed by atoms with Crippen molar-refractivity contribution in [3.8, 4) is 0 Å². The van der Waals surface area contributed by atoms with Crippen LogP contribution in [0.5, 0.6) is 0 Å². The molecular weight excluding hydrogens is 208 g/mol. The summed E-state index contributed by atoms with van der Waals surface area (Å²) in [7, 11) is 0. The van der Waals surface area contributed by atoms with Crippen LogP contribution in [0.4, 0.5) is 0 Å². The second-order valence-corrected chi connectivity index (χ2v) is 4.28. The van der Waals surface area contributed by atoms with E-state index in [9.17, 15) is 0 Å². The van der Waals surface area contributed by atoms with Crippen LogP contribution in [0.2, 0.25) is 0 Å². The summed E-state index contributed by atoms with van der Waals surface area (Å²) >= 11 is 0. The number of pyridine rings is 1. The van der Waals surface area contributed by atoms with Gasteiger partial charge in [0, 0.05) is 18.4 Å². The average molecular weight is 226 g/mol. The van der Waals surface area contributed by atoms with Crippen LogP contribution >= 0.6 is 0 Å². The standard InChI is InChI=1S/C15H18N2/c1-2-12-8-14(11-17-10-12)15(16)9-13-6-4-3-5-7-13/h3-8,10-11,15H,2,9,16H2,1H3/t15-/m0/s1. The Balaban J connectivity index is 2.11. The van der Waals surface area contributed by atoms with Crippen molar-refractivity contribution in [3.05, 3.63) is 65.5 Å². The van der Waals surface area contributed by atoms with E-state index >= 15 is 0 Å². The lowest BCUT2D eigenvalue weighted by atomic mass is 10.00. The number of nitrogens with two attached hydrogens (primary N) is 1. The van der Waals surface area contributed by atoms with Crippen molar-refractivity contribution in [3.63, 3.8) is 0 Å². The Labute approximate surface area is 103 Å². The largest absolute Gasteiger partial charge is 0.324 e. The SMILES string of the molecule is CCc1cncc([C@@H](N)Cc2ccccc2)c1. The summed E-state index contributed by atoms with van der Waals surface area (Å²) in [6.45, 7) is 2.13. The van der Waals surface area contributed by atoms with E-state index in [0.29, 0.717) is 0 Å². The Morgan fingerprint density at radius 2 is 1.88 bits per heavy atom. The molecule has 17 heavy (non-hydrogen) atoms. The molecular formula is C15H18N2. The first-order valence-electron chi connectivity index (χ1n) is 6.03. The number of hydrogen-bond acceptors (Lipinski definition) is 2. The third-order valence-electron chi connectivity index (χ3n) is 2.95. The Morgan fingerprint density at radius 3 is 2.59 bits per heavy atom. The zero-order valence-electron chi connectivity index (χ0n) is 10.1. The van der Waals surface area contributed by atoms with Crippen molar-refractivity contribution in [2.45, 2.75) is 25.8 Å². The zero-order valence-corrected chi connectivity index (χ0v) is 10.1. The van der Waals surface area contributed by atoms with Crippen molar-refractivity contribution in [1.82, 2.24) is 4.98 Å². The van der Waals surface area contributed by atoms with Crippen molar-refractivity contribution in [1.29, 1.82) is 0 Å². The number of aromatic nitrogens is 1. The van der Waals surface area contributed by atoms with Crippen LogP contribution in [0.15, 0.2) is 48.8 Å². The van der Waals surface area contributed by atoms with Gasteiger partial charge in [-0.05, 0) is 29.5 Å². The first-order chi connectivity index (χ1) is 8.29. The average Bonchev–Trinajstić information content (AvgIpc) is 2.40. The normalized spacial score (nSPS) is 12.4.